The van der Waals surface area contributed by atoms with Crippen molar-refractivity contribution in [1.82, 2.24) is 10.2 Å². The molecular formula is C18H22Cl3FN2O2. The third-order valence-corrected chi connectivity index (χ3v) is 6.47. The predicted octanol–water partition coefficient (Wildman–Crippen LogP) is 3.84. The molecule has 4 nitrogen and oxygen atoms in total. The monoisotopic (exact) mass is 422 g/mol. The summed E-state index contributed by atoms with van der Waals surface area (Å²) < 4.78 is 19.6. The summed E-state index contributed by atoms with van der Waals surface area (Å²) in [5.74, 6) is -0.185. The first-order valence-electron chi connectivity index (χ1n) is 8.76. The first-order chi connectivity index (χ1) is 12.0. The van der Waals surface area contributed by atoms with Gasteiger partial charge in [-0.15, -0.1) is 12.4 Å². The Hall–Kier alpha value is -0.590. The molecule has 1 amide bonds. The summed E-state index contributed by atoms with van der Waals surface area (Å²) in [4.78, 5) is 14.8. The van der Waals surface area contributed by atoms with Gasteiger partial charge in [0.1, 0.15) is 11.9 Å². The first kappa shape index (κ1) is 20.2. The zero-order valence-corrected chi connectivity index (χ0v) is 16.6. The van der Waals surface area contributed by atoms with E-state index < -0.39 is 11.9 Å². The number of morpholine rings is 1. The lowest BCUT2D eigenvalue weighted by Gasteiger charge is -2.34. The summed E-state index contributed by atoms with van der Waals surface area (Å²) in [7, 11) is 0. The Labute approximate surface area is 168 Å². The Bertz CT molecular complexity index is 697. The van der Waals surface area contributed by atoms with Crippen molar-refractivity contribution in [3.8, 4) is 0 Å². The van der Waals surface area contributed by atoms with Gasteiger partial charge in [0.15, 0.2) is 0 Å². The van der Waals surface area contributed by atoms with E-state index in [-0.39, 0.29) is 34.7 Å². The zero-order chi connectivity index (χ0) is 17.6. The Morgan fingerprint density at radius 1 is 1.27 bits per heavy atom. The largest absolute Gasteiger partial charge is 0.370 e. The van der Waals surface area contributed by atoms with Crippen LogP contribution in [0.4, 0.5) is 4.39 Å². The molecule has 0 radical (unpaired) electrons. The van der Waals surface area contributed by atoms with Gasteiger partial charge in [-0.1, -0.05) is 23.2 Å². The fraction of sp³-hybridized carbons (Fsp3) is 0.611. The third kappa shape index (κ3) is 3.69. The number of nitrogens with zero attached hydrogens (tertiary/aromatic N) is 1. The highest BCUT2D eigenvalue weighted by molar-refractivity contribution is 6.35. The van der Waals surface area contributed by atoms with Crippen LogP contribution in [-0.2, 0) is 9.53 Å². The molecule has 1 aromatic carbocycles. The normalized spacial score (nSPS) is 27.1. The third-order valence-electron chi connectivity index (χ3n) is 5.85. The van der Waals surface area contributed by atoms with Crippen molar-refractivity contribution < 1.29 is 13.9 Å². The highest BCUT2D eigenvalue weighted by Gasteiger charge is 2.58. The van der Waals surface area contributed by atoms with E-state index in [4.69, 9.17) is 27.9 Å². The molecule has 1 aliphatic carbocycles. The number of amides is 1. The van der Waals surface area contributed by atoms with Crippen LogP contribution in [0.25, 0.3) is 0 Å². The molecule has 0 aromatic heterocycles. The van der Waals surface area contributed by atoms with Crippen LogP contribution in [0.15, 0.2) is 12.1 Å². The number of carbonyl (C=O) groups is 1. The van der Waals surface area contributed by atoms with Crippen LogP contribution in [0.2, 0.25) is 10.0 Å². The number of halogens is 4. The second-order valence-electron chi connectivity index (χ2n) is 7.30. The summed E-state index contributed by atoms with van der Waals surface area (Å²) in [6, 6.07) is 2.71. The Kier molecular flexibility index (Phi) is 6.05. The number of nitrogens with one attached hydrogen (secondary N) is 1. The molecule has 0 bridgehead atoms. The number of piperidine rings is 1. The van der Waals surface area contributed by atoms with Gasteiger partial charge in [0.25, 0.3) is 0 Å². The first-order valence-corrected chi connectivity index (χ1v) is 9.51. The van der Waals surface area contributed by atoms with E-state index >= 15 is 0 Å². The van der Waals surface area contributed by atoms with Gasteiger partial charge in [0.2, 0.25) is 5.91 Å². The van der Waals surface area contributed by atoms with Crippen LogP contribution in [-0.4, -0.2) is 43.6 Å². The molecular weight excluding hydrogens is 402 g/mol. The van der Waals surface area contributed by atoms with Gasteiger partial charge in [-0.3, -0.25) is 4.79 Å². The van der Waals surface area contributed by atoms with Crippen molar-refractivity contribution >= 4 is 41.5 Å². The zero-order valence-electron chi connectivity index (χ0n) is 14.3. The average Bonchev–Trinajstić information content (AvgIpc) is 3.31. The van der Waals surface area contributed by atoms with Gasteiger partial charge in [0.05, 0.1) is 18.2 Å². The minimum absolute atomic E-state index is 0. The topological polar surface area (TPSA) is 41.6 Å². The summed E-state index contributed by atoms with van der Waals surface area (Å²) in [5, 5.41) is 3.71. The number of ether oxygens (including phenoxy) is 1. The lowest BCUT2D eigenvalue weighted by molar-refractivity contribution is -0.141. The average molecular weight is 424 g/mol. The molecule has 26 heavy (non-hydrogen) atoms. The molecule has 1 spiro atoms. The fourth-order valence-corrected chi connectivity index (χ4v) is 4.72. The SMILES string of the molecule is Cl.O=C(C1CC12CCNCC2)N1CCOC(c2cc(F)c(Cl)cc2Cl)C1. The molecule has 3 aliphatic rings. The standard InChI is InChI=1S/C18H21Cl2FN2O2.ClH/c19-13-8-14(20)15(21)7-11(13)16-10-23(5-6-25-16)17(24)12-9-18(12)1-3-22-4-2-18;/h7-8,12,16,22H,1-6,9-10H2;1H. The van der Waals surface area contributed by atoms with E-state index in [0.717, 1.165) is 32.4 Å². The van der Waals surface area contributed by atoms with E-state index in [1.165, 1.54) is 12.1 Å². The highest BCUT2D eigenvalue weighted by Crippen LogP contribution is 2.59. The van der Waals surface area contributed by atoms with Crippen LogP contribution < -0.4 is 5.32 Å². The van der Waals surface area contributed by atoms with E-state index in [0.29, 0.717) is 30.3 Å². The van der Waals surface area contributed by atoms with E-state index in [9.17, 15) is 9.18 Å². The quantitative estimate of drug-likeness (QED) is 0.735. The second kappa shape index (κ2) is 7.80. The van der Waals surface area contributed by atoms with Crippen LogP contribution in [0.1, 0.15) is 30.9 Å². The summed E-state index contributed by atoms with van der Waals surface area (Å²) in [5.41, 5.74) is 0.758. The van der Waals surface area contributed by atoms with Crippen LogP contribution >= 0.6 is 35.6 Å². The highest BCUT2D eigenvalue weighted by atomic mass is 35.5. The van der Waals surface area contributed by atoms with Crippen LogP contribution in [0, 0.1) is 17.2 Å². The summed E-state index contributed by atoms with van der Waals surface area (Å²) in [6.07, 6.45) is 2.72. The lowest BCUT2D eigenvalue weighted by atomic mass is 9.91. The number of benzene rings is 1. The fourth-order valence-electron chi connectivity index (χ4n) is 4.22. The van der Waals surface area contributed by atoms with Gasteiger partial charge in [-0.25, -0.2) is 4.39 Å². The Morgan fingerprint density at radius 2 is 2.00 bits per heavy atom. The molecule has 1 saturated carbocycles. The Balaban J connectivity index is 0.00000196. The molecule has 3 fully saturated rings. The molecule has 2 atom stereocenters. The van der Waals surface area contributed by atoms with Gasteiger partial charge in [-0.05, 0) is 49.9 Å². The molecule has 8 heteroatoms. The van der Waals surface area contributed by atoms with Crippen molar-refractivity contribution in [3.63, 3.8) is 0 Å². The van der Waals surface area contributed by atoms with E-state index in [1.807, 2.05) is 4.90 Å². The maximum atomic E-state index is 13.8. The van der Waals surface area contributed by atoms with Crippen molar-refractivity contribution in [2.24, 2.45) is 11.3 Å². The summed E-state index contributed by atoms with van der Waals surface area (Å²) in [6.45, 7) is 3.40. The van der Waals surface area contributed by atoms with Crippen molar-refractivity contribution in [3.05, 3.63) is 33.6 Å². The Morgan fingerprint density at radius 3 is 2.73 bits per heavy atom. The molecule has 2 unspecified atom stereocenters. The molecule has 144 valence electrons. The van der Waals surface area contributed by atoms with Gasteiger partial charge < -0.3 is 15.0 Å². The van der Waals surface area contributed by atoms with Gasteiger partial charge in [0, 0.05) is 23.0 Å². The number of hydrogen-bond acceptors (Lipinski definition) is 3. The molecule has 1 aromatic rings. The molecule has 2 aliphatic heterocycles. The minimum Gasteiger partial charge on any atom is -0.370 e. The second-order valence-corrected chi connectivity index (χ2v) is 8.11. The maximum Gasteiger partial charge on any atom is 0.226 e. The number of carbonyl (C=O) groups excluding carboxylic acids is 1. The predicted molar refractivity (Wildman–Crippen MR) is 102 cm³/mol. The van der Waals surface area contributed by atoms with E-state index in [2.05, 4.69) is 5.32 Å². The number of hydrogen-bond donors (Lipinski definition) is 1. The lowest BCUT2D eigenvalue weighted by Crippen LogP contribution is -2.44. The molecule has 1 N–H and O–H groups in total. The smallest absolute Gasteiger partial charge is 0.226 e. The van der Waals surface area contributed by atoms with Crippen LogP contribution in [0.3, 0.4) is 0 Å². The van der Waals surface area contributed by atoms with Crippen molar-refractivity contribution in [2.75, 3.05) is 32.8 Å². The number of rotatable bonds is 2. The maximum absolute atomic E-state index is 13.8. The van der Waals surface area contributed by atoms with Crippen molar-refractivity contribution in [1.29, 1.82) is 0 Å². The van der Waals surface area contributed by atoms with Gasteiger partial charge in [-0.2, -0.15) is 0 Å². The van der Waals surface area contributed by atoms with Crippen molar-refractivity contribution in [2.45, 2.75) is 25.4 Å². The summed E-state index contributed by atoms with van der Waals surface area (Å²) >= 11 is 12.0. The van der Waals surface area contributed by atoms with E-state index in [1.54, 1.807) is 0 Å². The minimum atomic E-state index is -0.524. The van der Waals surface area contributed by atoms with Crippen LogP contribution in [0.5, 0.6) is 0 Å². The molecule has 2 saturated heterocycles. The molecule has 4 rings (SSSR count). The van der Waals surface area contributed by atoms with Gasteiger partial charge >= 0.3 is 0 Å². The molecule has 2 heterocycles.